The third kappa shape index (κ3) is 6.32. The molecule has 2 rings (SSSR count). The Morgan fingerprint density at radius 2 is 2.26 bits per heavy atom. The van der Waals surface area contributed by atoms with Gasteiger partial charge < -0.3 is 21.1 Å². The fourth-order valence-electron chi connectivity index (χ4n) is 2.62. The van der Waals surface area contributed by atoms with Crippen LogP contribution in [0.1, 0.15) is 38.8 Å². The zero-order chi connectivity index (χ0) is 19.8. The van der Waals surface area contributed by atoms with E-state index in [1.54, 1.807) is 0 Å². The van der Waals surface area contributed by atoms with Gasteiger partial charge in [-0.3, -0.25) is 9.98 Å². The van der Waals surface area contributed by atoms with E-state index in [4.69, 9.17) is 5.73 Å². The van der Waals surface area contributed by atoms with Crippen LogP contribution in [0.4, 0.5) is 9.18 Å². The minimum absolute atomic E-state index is 0.0320. The van der Waals surface area contributed by atoms with E-state index >= 15 is 0 Å². The molecular weight excluding hydrogens is 349 g/mol. The minimum Gasteiger partial charge on any atom is -0.453 e. The standard InChI is InChI=1S/C19H28FN5O2/c1-12(16(21)13(2)25-14-7-8-14)17(18-15(20)6-4-9-23-18)22-10-5-11-24-19(26)27-3/h4,6,9,13-14,25H,5,7-8,10-11,21H2,1-3H3,(H,24,26). The third-order valence-electron chi connectivity index (χ3n) is 4.36. The average molecular weight is 377 g/mol. The zero-order valence-corrected chi connectivity index (χ0v) is 16.1. The summed E-state index contributed by atoms with van der Waals surface area (Å²) in [5.41, 5.74) is 8.27. The summed E-state index contributed by atoms with van der Waals surface area (Å²) in [6, 6.07) is 3.36. The third-order valence-corrected chi connectivity index (χ3v) is 4.36. The highest BCUT2D eigenvalue weighted by Crippen LogP contribution is 2.21. The van der Waals surface area contributed by atoms with E-state index < -0.39 is 11.9 Å². The lowest BCUT2D eigenvalue weighted by molar-refractivity contribution is 0.171. The van der Waals surface area contributed by atoms with E-state index in [9.17, 15) is 9.18 Å². The predicted molar refractivity (Wildman–Crippen MR) is 103 cm³/mol. The van der Waals surface area contributed by atoms with Crippen LogP contribution in [-0.4, -0.2) is 49.1 Å². The molecule has 1 aliphatic carbocycles. The molecule has 1 unspecified atom stereocenters. The van der Waals surface area contributed by atoms with Crippen molar-refractivity contribution in [3.63, 3.8) is 0 Å². The quantitative estimate of drug-likeness (QED) is 0.452. The summed E-state index contributed by atoms with van der Waals surface area (Å²) in [7, 11) is 1.31. The Balaban J connectivity index is 2.17. The van der Waals surface area contributed by atoms with Crippen molar-refractivity contribution in [2.24, 2.45) is 10.7 Å². The lowest BCUT2D eigenvalue weighted by Gasteiger charge is -2.18. The van der Waals surface area contributed by atoms with Gasteiger partial charge in [-0.05, 0) is 50.8 Å². The highest BCUT2D eigenvalue weighted by Gasteiger charge is 2.25. The van der Waals surface area contributed by atoms with Gasteiger partial charge in [0.05, 0.1) is 12.8 Å². The van der Waals surface area contributed by atoms with Crippen molar-refractivity contribution in [2.45, 2.75) is 45.2 Å². The van der Waals surface area contributed by atoms with Crippen molar-refractivity contribution < 1.29 is 13.9 Å². The summed E-state index contributed by atoms with van der Waals surface area (Å²) in [4.78, 5) is 19.8. The normalized spacial score (nSPS) is 16.5. The molecule has 148 valence electrons. The number of amides is 1. The van der Waals surface area contributed by atoms with Gasteiger partial charge in [-0.1, -0.05) is 0 Å². The maximum atomic E-state index is 14.3. The van der Waals surface area contributed by atoms with Crippen LogP contribution in [0.3, 0.4) is 0 Å². The fourth-order valence-corrected chi connectivity index (χ4v) is 2.62. The number of ether oxygens (including phenoxy) is 1. The maximum Gasteiger partial charge on any atom is 0.406 e. The van der Waals surface area contributed by atoms with Crippen molar-refractivity contribution in [1.29, 1.82) is 0 Å². The number of carbonyl (C=O) groups is 1. The van der Waals surface area contributed by atoms with Gasteiger partial charge in [0.1, 0.15) is 5.69 Å². The molecule has 1 amide bonds. The molecule has 7 nitrogen and oxygen atoms in total. The summed E-state index contributed by atoms with van der Waals surface area (Å²) in [6.07, 6.45) is 3.92. The second-order valence-electron chi connectivity index (χ2n) is 6.58. The van der Waals surface area contributed by atoms with Crippen molar-refractivity contribution >= 4 is 11.8 Å². The van der Waals surface area contributed by atoms with E-state index in [0.717, 1.165) is 12.8 Å². The molecule has 0 saturated heterocycles. The van der Waals surface area contributed by atoms with Gasteiger partial charge in [-0.25, -0.2) is 9.18 Å². The van der Waals surface area contributed by atoms with E-state index in [-0.39, 0.29) is 11.7 Å². The summed E-state index contributed by atoms with van der Waals surface area (Å²) < 4.78 is 18.8. The van der Waals surface area contributed by atoms with E-state index in [2.05, 4.69) is 25.3 Å². The molecule has 1 heterocycles. The number of aromatic nitrogens is 1. The number of hydrogen-bond donors (Lipinski definition) is 3. The number of nitrogens with one attached hydrogen (secondary N) is 2. The molecule has 0 aliphatic heterocycles. The van der Waals surface area contributed by atoms with Gasteiger partial charge in [-0.2, -0.15) is 0 Å². The molecule has 27 heavy (non-hydrogen) atoms. The van der Waals surface area contributed by atoms with Crippen LogP contribution in [-0.2, 0) is 4.74 Å². The molecule has 1 saturated carbocycles. The van der Waals surface area contributed by atoms with Crippen LogP contribution in [0.25, 0.3) is 0 Å². The van der Waals surface area contributed by atoms with Gasteiger partial charge >= 0.3 is 6.09 Å². The molecule has 0 aromatic carbocycles. The Kier molecular flexibility index (Phi) is 7.72. The first-order valence-corrected chi connectivity index (χ1v) is 9.13. The monoisotopic (exact) mass is 377 g/mol. The molecule has 0 spiro atoms. The summed E-state index contributed by atoms with van der Waals surface area (Å²) in [5.74, 6) is -0.445. The first-order valence-electron chi connectivity index (χ1n) is 9.13. The van der Waals surface area contributed by atoms with Gasteiger partial charge in [0.25, 0.3) is 0 Å². The minimum atomic E-state index is -0.490. The van der Waals surface area contributed by atoms with Crippen molar-refractivity contribution in [3.05, 3.63) is 41.1 Å². The van der Waals surface area contributed by atoms with Crippen molar-refractivity contribution in [1.82, 2.24) is 15.6 Å². The number of nitrogens with two attached hydrogens (primary N) is 1. The molecule has 1 aromatic rings. The number of pyridine rings is 1. The SMILES string of the molecule is COC(=O)NCCCN=C(C(C)=C(N)C(C)NC1CC1)c1ncccc1F. The van der Waals surface area contributed by atoms with E-state index in [1.165, 1.54) is 25.4 Å². The van der Waals surface area contributed by atoms with Crippen molar-refractivity contribution in [3.8, 4) is 0 Å². The molecule has 8 heteroatoms. The molecule has 1 aromatic heterocycles. The zero-order valence-electron chi connectivity index (χ0n) is 16.1. The maximum absolute atomic E-state index is 14.3. The Hall–Kier alpha value is -2.48. The number of nitrogens with zero attached hydrogens (tertiary/aromatic N) is 2. The first kappa shape index (κ1) is 20.8. The predicted octanol–water partition coefficient (Wildman–Crippen LogP) is 2.13. The Morgan fingerprint density at radius 1 is 1.52 bits per heavy atom. The number of hydrogen-bond acceptors (Lipinski definition) is 6. The topological polar surface area (TPSA) is 102 Å². The van der Waals surface area contributed by atoms with Crippen LogP contribution >= 0.6 is 0 Å². The fraction of sp³-hybridized carbons (Fsp3) is 0.526. The second kappa shape index (κ2) is 10.0. The highest BCUT2D eigenvalue weighted by molar-refractivity contribution is 6.11. The highest BCUT2D eigenvalue weighted by atomic mass is 19.1. The van der Waals surface area contributed by atoms with Gasteiger partial charge in [0, 0.05) is 37.1 Å². The van der Waals surface area contributed by atoms with Gasteiger partial charge in [0.15, 0.2) is 5.82 Å². The molecule has 0 bridgehead atoms. The number of methoxy groups -OCH3 is 1. The molecule has 1 fully saturated rings. The van der Waals surface area contributed by atoms with E-state index in [1.807, 2.05) is 13.8 Å². The summed E-state index contributed by atoms with van der Waals surface area (Å²) in [6.45, 7) is 4.63. The smallest absolute Gasteiger partial charge is 0.406 e. The largest absolute Gasteiger partial charge is 0.453 e. The van der Waals surface area contributed by atoms with Crippen LogP contribution in [0.15, 0.2) is 34.6 Å². The lowest BCUT2D eigenvalue weighted by Crippen LogP contribution is -2.35. The summed E-state index contributed by atoms with van der Waals surface area (Å²) >= 11 is 0. The molecule has 1 atom stereocenters. The first-order chi connectivity index (χ1) is 12.9. The number of carbonyl (C=O) groups excluding carboxylic acids is 1. The molecule has 1 aliphatic rings. The van der Waals surface area contributed by atoms with Gasteiger partial charge in [-0.15, -0.1) is 0 Å². The van der Waals surface area contributed by atoms with E-state index in [0.29, 0.717) is 42.5 Å². The number of rotatable bonds is 9. The number of alkyl carbamates (subject to hydrolysis) is 1. The molecule has 4 N–H and O–H groups in total. The molecule has 0 radical (unpaired) electrons. The van der Waals surface area contributed by atoms with Crippen LogP contribution in [0.5, 0.6) is 0 Å². The van der Waals surface area contributed by atoms with Crippen molar-refractivity contribution in [2.75, 3.05) is 20.2 Å². The Morgan fingerprint density at radius 3 is 2.89 bits per heavy atom. The van der Waals surface area contributed by atoms with Crippen LogP contribution < -0.4 is 16.4 Å². The van der Waals surface area contributed by atoms with Gasteiger partial charge in [0.2, 0.25) is 0 Å². The number of halogens is 1. The Labute approximate surface area is 159 Å². The summed E-state index contributed by atoms with van der Waals surface area (Å²) in [5, 5.41) is 6.03. The lowest BCUT2D eigenvalue weighted by atomic mass is 10.0. The molecular formula is C19H28FN5O2. The average Bonchev–Trinajstić information content (AvgIpc) is 3.48. The second-order valence-corrected chi connectivity index (χ2v) is 6.58. The number of aliphatic imine (C=N–C) groups is 1. The Bertz CT molecular complexity index is 716. The van der Waals surface area contributed by atoms with Crippen LogP contribution in [0, 0.1) is 5.82 Å². The number of allylic oxidation sites excluding steroid dienone is 1. The van der Waals surface area contributed by atoms with Crippen LogP contribution in [0.2, 0.25) is 0 Å².